The van der Waals surface area contributed by atoms with E-state index in [2.05, 4.69) is 5.32 Å². The minimum absolute atomic E-state index is 0.208. The Kier molecular flexibility index (Phi) is 4.74. The highest BCUT2D eigenvalue weighted by Gasteiger charge is 2.42. The van der Waals surface area contributed by atoms with E-state index in [0.717, 1.165) is 12.8 Å². The summed E-state index contributed by atoms with van der Waals surface area (Å²) in [5.41, 5.74) is -0.751. The van der Waals surface area contributed by atoms with Crippen molar-refractivity contribution in [1.82, 2.24) is 5.32 Å². The van der Waals surface area contributed by atoms with Gasteiger partial charge in [0.15, 0.2) is 0 Å². The van der Waals surface area contributed by atoms with Crippen LogP contribution >= 0.6 is 0 Å². The molecule has 1 saturated carbocycles. The molecule has 0 aliphatic heterocycles. The first-order valence-corrected chi connectivity index (χ1v) is 5.93. The van der Waals surface area contributed by atoms with Crippen LogP contribution in [0.5, 0.6) is 0 Å². The maximum atomic E-state index is 11.9. The standard InChI is InChI=1S/C12H23NO3/c1-9(15-3)12(2,11(14)16-4)13-10-7-5-6-8-10/h9-10,13H,5-8H2,1-4H3. The van der Waals surface area contributed by atoms with Crippen molar-refractivity contribution in [2.75, 3.05) is 14.2 Å². The van der Waals surface area contributed by atoms with Crippen molar-refractivity contribution in [2.24, 2.45) is 0 Å². The molecule has 1 fully saturated rings. The highest BCUT2D eigenvalue weighted by molar-refractivity contribution is 5.81. The molecule has 94 valence electrons. The van der Waals surface area contributed by atoms with Gasteiger partial charge in [0.2, 0.25) is 0 Å². The van der Waals surface area contributed by atoms with Crippen molar-refractivity contribution in [3.8, 4) is 0 Å². The molecule has 0 spiro atoms. The quantitative estimate of drug-likeness (QED) is 0.725. The van der Waals surface area contributed by atoms with Gasteiger partial charge >= 0.3 is 5.97 Å². The predicted molar refractivity (Wildman–Crippen MR) is 62.3 cm³/mol. The molecule has 2 unspecified atom stereocenters. The fraction of sp³-hybridized carbons (Fsp3) is 0.917. The van der Waals surface area contributed by atoms with E-state index in [0.29, 0.717) is 6.04 Å². The zero-order valence-corrected chi connectivity index (χ0v) is 10.7. The lowest BCUT2D eigenvalue weighted by molar-refractivity contribution is -0.154. The maximum Gasteiger partial charge on any atom is 0.328 e. The van der Waals surface area contributed by atoms with Gasteiger partial charge in [0.25, 0.3) is 0 Å². The molecule has 0 aromatic heterocycles. The molecule has 16 heavy (non-hydrogen) atoms. The molecule has 1 N–H and O–H groups in total. The van der Waals surface area contributed by atoms with Crippen LogP contribution in [0.3, 0.4) is 0 Å². The van der Waals surface area contributed by atoms with Crippen LogP contribution in [0.25, 0.3) is 0 Å². The van der Waals surface area contributed by atoms with Crippen LogP contribution in [0.2, 0.25) is 0 Å². The zero-order valence-electron chi connectivity index (χ0n) is 10.7. The molecule has 0 heterocycles. The van der Waals surface area contributed by atoms with E-state index in [4.69, 9.17) is 9.47 Å². The van der Waals surface area contributed by atoms with Gasteiger partial charge in [-0.1, -0.05) is 12.8 Å². The van der Waals surface area contributed by atoms with Gasteiger partial charge in [-0.05, 0) is 26.7 Å². The Hall–Kier alpha value is -0.610. The van der Waals surface area contributed by atoms with E-state index < -0.39 is 5.54 Å². The van der Waals surface area contributed by atoms with Crippen LogP contribution in [0.4, 0.5) is 0 Å². The number of hydrogen-bond acceptors (Lipinski definition) is 4. The fourth-order valence-corrected chi connectivity index (χ4v) is 2.28. The molecule has 0 aromatic rings. The van der Waals surface area contributed by atoms with E-state index in [-0.39, 0.29) is 12.1 Å². The number of hydrogen-bond donors (Lipinski definition) is 1. The molecule has 1 aliphatic rings. The molecule has 1 rings (SSSR count). The fourth-order valence-electron chi connectivity index (χ4n) is 2.28. The number of ether oxygens (including phenoxy) is 2. The van der Waals surface area contributed by atoms with Crippen molar-refractivity contribution in [3.05, 3.63) is 0 Å². The maximum absolute atomic E-state index is 11.9. The summed E-state index contributed by atoms with van der Waals surface area (Å²) in [6, 6.07) is 0.404. The molecule has 4 heteroatoms. The Bertz CT molecular complexity index is 238. The topological polar surface area (TPSA) is 47.6 Å². The molecule has 0 radical (unpaired) electrons. The molecule has 0 amide bonds. The SMILES string of the molecule is COC(=O)C(C)(NC1CCCC1)C(C)OC. The summed E-state index contributed by atoms with van der Waals surface area (Å²) in [5, 5.41) is 3.39. The number of carbonyl (C=O) groups is 1. The van der Waals surface area contributed by atoms with Crippen LogP contribution in [0.15, 0.2) is 0 Å². The molecule has 0 aromatic carbocycles. The van der Waals surface area contributed by atoms with E-state index >= 15 is 0 Å². The summed E-state index contributed by atoms with van der Waals surface area (Å²) in [5.74, 6) is -0.256. The summed E-state index contributed by atoms with van der Waals surface area (Å²) in [6.45, 7) is 3.74. The zero-order chi connectivity index (χ0) is 12.2. The van der Waals surface area contributed by atoms with E-state index in [9.17, 15) is 4.79 Å². The van der Waals surface area contributed by atoms with Crippen molar-refractivity contribution in [2.45, 2.75) is 57.2 Å². The highest BCUT2D eigenvalue weighted by Crippen LogP contribution is 2.23. The van der Waals surface area contributed by atoms with Gasteiger partial charge in [-0.3, -0.25) is 5.32 Å². The lowest BCUT2D eigenvalue weighted by Gasteiger charge is -2.35. The number of esters is 1. The van der Waals surface area contributed by atoms with Crippen LogP contribution in [-0.4, -0.2) is 37.9 Å². The minimum Gasteiger partial charge on any atom is -0.468 e. The first-order valence-electron chi connectivity index (χ1n) is 5.93. The molecule has 0 saturated heterocycles. The number of methoxy groups -OCH3 is 2. The second-order valence-electron chi connectivity index (χ2n) is 4.70. The molecular weight excluding hydrogens is 206 g/mol. The predicted octanol–water partition coefficient (Wildman–Crippen LogP) is 1.49. The average molecular weight is 229 g/mol. The highest BCUT2D eigenvalue weighted by atomic mass is 16.5. The molecular formula is C12H23NO3. The van der Waals surface area contributed by atoms with Gasteiger partial charge < -0.3 is 9.47 Å². The van der Waals surface area contributed by atoms with E-state index in [1.54, 1.807) is 7.11 Å². The van der Waals surface area contributed by atoms with Crippen LogP contribution < -0.4 is 5.32 Å². The number of nitrogens with one attached hydrogen (secondary N) is 1. The van der Waals surface area contributed by atoms with Crippen molar-refractivity contribution < 1.29 is 14.3 Å². The first kappa shape index (κ1) is 13.5. The van der Waals surface area contributed by atoms with Crippen molar-refractivity contribution in [3.63, 3.8) is 0 Å². The second-order valence-corrected chi connectivity index (χ2v) is 4.70. The Labute approximate surface area is 97.7 Å². The van der Waals surface area contributed by atoms with Gasteiger partial charge in [0.1, 0.15) is 5.54 Å². The smallest absolute Gasteiger partial charge is 0.328 e. The summed E-state index contributed by atoms with van der Waals surface area (Å²) in [6.07, 6.45) is 4.51. The third-order valence-corrected chi connectivity index (χ3v) is 3.64. The molecule has 2 atom stereocenters. The third kappa shape index (κ3) is 2.74. The number of carbonyl (C=O) groups excluding carboxylic acids is 1. The Morgan fingerprint density at radius 1 is 1.38 bits per heavy atom. The number of rotatable bonds is 5. The summed E-state index contributed by atoms with van der Waals surface area (Å²) >= 11 is 0. The van der Waals surface area contributed by atoms with Crippen LogP contribution in [-0.2, 0) is 14.3 Å². The van der Waals surface area contributed by atoms with Crippen molar-refractivity contribution in [1.29, 1.82) is 0 Å². The van der Waals surface area contributed by atoms with Crippen molar-refractivity contribution >= 4 is 5.97 Å². The summed E-state index contributed by atoms with van der Waals surface area (Å²) < 4.78 is 10.2. The minimum atomic E-state index is -0.751. The van der Waals surface area contributed by atoms with E-state index in [1.165, 1.54) is 20.0 Å². The van der Waals surface area contributed by atoms with Gasteiger partial charge in [-0.25, -0.2) is 4.79 Å². The van der Waals surface area contributed by atoms with Gasteiger partial charge in [-0.2, -0.15) is 0 Å². The van der Waals surface area contributed by atoms with Gasteiger partial charge in [0.05, 0.1) is 13.2 Å². The first-order chi connectivity index (χ1) is 7.54. The Balaban J connectivity index is 2.72. The Morgan fingerprint density at radius 2 is 1.94 bits per heavy atom. The third-order valence-electron chi connectivity index (χ3n) is 3.64. The van der Waals surface area contributed by atoms with E-state index in [1.807, 2.05) is 13.8 Å². The van der Waals surface area contributed by atoms with Crippen LogP contribution in [0.1, 0.15) is 39.5 Å². The molecule has 0 bridgehead atoms. The normalized spacial score (nSPS) is 22.8. The Morgan fingerprint density at radius 3 is 2.38 bits per heavy atom. The van der Waals surface area contributed by atoms with Gasteiger partial charge in [0, 0.05) is 13.2 Å². The van der Waals surface area contributed by atoms with Gasteiger partial charge in [-0.15, -0.1) is 0 Å². The molecule has 4 nitrogen and oxygen atoms in total. The summed E-state index contributed by atoms with van der Waals surface area (Å²) in [4.78, 5) is 11.9. The van der Waals surface area contributed by atoms with Crippen LogP contribution in [0, 0.1) is 0 Å². The monoisotopic (exact) mass is 229 g/mol. The lowest BCUT2D eigenvalue weighted by atomic mass is 9.94. The summed E-state index contributed by atoms with van der Waals surface area (Å²) in [7, 11) is 3.03. The largest absolute Gasteiger partial charge is 0.468 e. The molecule has 1 aliphatic carbocycles. The average Bonchev–Trinajstić information content (AvgIpc) is 2.79. The lowest BCUT2D eigenvalue weighted by Crippen LogP contribution is -2.60. The second kappa shape index (κ2) is 5.64.